The van der Waals surface area contributed by atoms with Crippen LogP contribution < -0.4 is 5.73 Å². The summed E-state index contributed by atoms with van der Waals surface area (Å²) >= 11 is 0. The van der Waals surface area contributed by atoms with E-state index in [0.717, 1.165) is 12.3 Å². The highest BCUT2D eigenvalue weighted by Crippen LogP contribution is 2.29. The zero-order chi connectivity index (χ0) is 13.0. The lowest BCUT2D eigenvalue weighted by Gasteiger charge is -2.34. The van der Waals surface area contributed by atoms with Crippen LogP contribution in [0.15, 0.2) is 24.3 Å². The lowest BCUT2D eigenvalue weighted by atomic mass is 9.84. The molecular weight excluding hydrogens is 220 g/mol. The predicted molar refractivity (Wildman–Crippen MR) is 77.6 cm³/mol. The monoisotopic (exact) mass is 246 g/mol. The first-order valence-electron chi connectivity index (χ1n) is 7.23. The summed E-state index contributed by atoms with van der Waals surface area (Å²) in [4.78, 5) is 2.44. The third-order valence-corrected chi connectivity index (χ3v) is 4.30. The number of nitrogens with zero attached hydrogens (tertiary/aromatic N) is 1. The van der Waals surface area contributed by atoms with Gasteiger partial charge in [0.05, 0.1) is 0 Å². The molecule has 1 unspecified atom stereocenters. The number of likely N-dealkylation sites (N-methyl/N-ethyl adjacent to an activating group) is 1. The van der Waals surface area contributed by atoms with Crippen molar-refractivity contribution in [1.82, 2.24) is 4.90 Å². The van der Waals surface area contributed by atoms with Crippen molar-refractivity contribution in [3.8, 4) is 0 Å². The van der Waals surface area contributed by atoms with E-state index in [-0.39, 0.29) is 0 Å². The second-order valence-electron chi connectivity index (χ2n) is 5.58. The molecule has 1 atom stereocenters. The van der Waals surface area contributed by atoms with Crippen LogP contribution in [0.3, 0.4) is 0 Å². The van der Waals surface area contributed by atoms with Gasteiger partial charge in [0.1, 0.15) is 0 Å². The maximum absolute atomic E-state index is 5.97. The second kappa shape index (κ2) is 6.35. The summed E-state index contributed by atoms with van der Waals surface area (Å²) in [5.41, 5.74) is 8.73. The molecule has 2 N–H and O–H groups in total. The largest absolute Gasteiger partial charge is 0.329 e. The number of benzene rings is 1. The molecule has 1 fully saturated rings. The van der Waals surface area contributed by atoms with Gasteiger partial charge in [0.15, 0.2) is 0 Å². The van der Waals surface area contributed by atoms with E-state index in [1.807, 2.05) is 0 Å². The van der Waals surface area contributed by atoms with E-state index >= 15 is 0 Å². The molecule has 0 radical (unpaired) electrons. The Balaban J connectivity index is 2.00. The van der Waals surface area contributed by atoms with E-state index in [2.05, 4.69) is 43.1 Å². The van der Waals surface area contributed by atoms with Crippen molar-refractivity contribution >= 4 is 0 Å². The fourth-order valence-corrected chi connectivity index (χ4v) is 2.76. The fraction of sp³-hybridized carbons (Fsp3) is 0.625. The summed E-state index contributed by atoms with van der Waals surface area (Å²) in [7, 11) is 2.21. The SMILES string of the molecule is CCc1ccc(C(CN)N(C)CC2CCC2)cc1. The van der Waals surface area contributed by atoms with Crippen LogP contribution in [-0.4, -0.2) is 25.0 Å². The third kappa shape index (κ3) is 3.12. The molecule has 0 bridgehead atoms. The fourth-order valence-electron chi connectivity index (χ4n) is 2.76. The molecular formula is C16H26N2. The zero-order valence-corrected chi connectivity index (χ0v) is 11.7. The van der Waals surface area contributed by atoms with Crippen LogP contribution in [-0.2, 0) is 6.42 Å². The first-order valence-corrected chi connectivity index (χ1v) is 7.23. The minimum absolute atomic E-state index is 0.372. The number of aryl methyl sites for hydroxylation is 1. The standard InChI is InChI=1S/C16H26N2/c1-3-13-7-9-15(10-8-13)16(11-17)18(2)12-14-5-4-6-14/h7-10,14,16H,3-6,11-12,17H2,1-2H3. The van der Waals surface area contributed by atoms with Crippen molar-refractivity contribution in [3.63, 3.8) is 0 Å². The summed E-state index contributed by atoms with van der Waals surface area (Å²) in [5.74, 6) is 0.902. The van der Waals surface area contributed by atoms with E-state index in [1.54, 1.807) is 0 Å². The first kappa shape index (κ1) is 13.6. The van der Waals surface area contributed by atoms with E-state index in [9.17, 15) is 0 Å². The second-order valence-corrected chi connectivity index (χ2v) is 5.58. The molecule has 2 nitrogen and oxygen atoms in total. The lowest BCUT2D eigenvalue weighted by molar-refractivity contribution is 0.165. The van der Waals surface area contributed by atoms with Gasteiger partial charge in [-0.1, -0.05) is 37.6 Å². The van der Waals surface area contributed by atoms with Crippen LogP contribution in [0, 0.1) is 5.92 Å². The Morgan fingerprint density at radius 2 is 1.94 bits per heavy atom. The average molecular weight is 246 g/mol. The quantitative estimate of drug-likeness (QED) is 0.836. The van der Waals surface area contributed by atoms with E-state index in [1.165, 1.54) is 36.9 Å². The van der Waals surface area contributed by atoms with Crippen molar-refractivity contribution < 1.29 is 0 Å². The summed E-state index contributed by atoms with van der Waals surface area (Å²) in [5, 5.41) is 0. The summed E-state index contributed by atoms with van der Waals surface area (Å²) in [6, 6.07) is 9.32. The maximum atomic E-state index is 5.97. The molecule has 1 aromatic rings. The van der Waals surface area contributed by atoms with E-state index < -0.39 is 0 Å². The molecule has 18 heavy (non-hydrogen) atoms. The van der Waals surface area contributed by atoms with Crippen LogP contribution in [0.4, 0.5) is 0 Å². The Morgan fingerprint density at radius 3 is 2.39 bits per heavy atom. The molecule has 2 heteroatoms. The molecule has 1 aliphatic rings. The molecule has 0 aromatic heterocycles. The summed E-state index contributed by atoms with van der Waals surface area (Å²) < 4.78 is 0. The highest BCUT2D eigenvalue weighted by molar-refractivity contribution is 5.25. The topological polar surface area (TPSA) is 29.3 Å². The highest BCUT2D eigenvalue weighted by atomic mass is 15.1. The Labute approximate surface area is 111 Å². The first-order chi connectivity index (χ1) is 8.74. The van der Waals surface area contributed by atoms with E-state index in [0.29, 0.717) is 12.6 Å². The van der Waals surface area contributed by atoms with Gasteiger partial charge in [0.2, 0.25) is 0 Å². The van der Waals surface area contributed by atoms with Gasteiger partial charge >= 0.3 is 0 Å². The summed E-state index contributed by atoms with van der Waals surface area (Å²) in [6.45, 7) is 4.09. The van der Waals surface area contributed by atoms with Gasteiger partial charge in [-0.15, -0.1) is 0 Å². The van der Waals surface area contributed by atoms with Crippen molar-refractivity contribution in [2.75, 3.05) is 20.1 Å². The van der Waals surface area contributed by atoms with Gasteiger partial charge in [-0.05, 0) is 43.4 Å². The maximum Gasteiger partial charge on any atom is 0.0467 e. The molecule has 0 heterocycles. The minimum atomic E-state index is 0.372. The molecule has 0 spiro atoms. The van der Waals surface area contributed by atoms with Gasteiger partial charge in [0.25, 0.3) is 0 Å². The Hall–Kier alpha value is -0.860. The van der Waals surface area contributed by atoms with Gasteiger partial charge in [-0.2, -0.15) is 0 Å². The average Bonchev–Trinajstić information content (AvgIpc) is 2.35. The molecule has 1 aliphatic carbocycles. The van der Waals surface area contributed by atoms with Gasteiger partial charge in [0, 0.05) is 19.1 Å². The molecule has 2 rings (SSSR count). The van der Waals surface area contributed by atoms with Crippen molar-refractivity contribution in [1.29, 1.82) is 0 Å². The molecule has 0 aliphatic heterocycles. The van der Waals surface area contributed by atoms with Crippen molar-refractivity contribution in [3.05, 3.63) is 35.4 Å². The molecule has 0 amide bonds. The Morgan fingerprint density at radius 1 is 1.28 bits per heavy atom. The van der Waals surface area contributed by atoms with Crippen molar-refractivity contribution in [2.24, 2.45) is 11.7 Å². The zero-order valence-electron chi connectivity index (χ0n) is 11.7. The number of hydrogen-bond donors (Lipinski definition) is 1. The van der Waals surface area contributed by atoms with Gasteiger partial charge in [-0.3, -0.25) is 4.90 Å². The Bertz CT molecular complexity index is 354. The minimum Gasteiger partial charge on any atom is -0.329 e. The summed E-state index contributed by atoms with van der Waals surface area (Å²) in [6.07, 6.45) is 5.31. The third-order valence-electron chi connectivity index (χ3n) is 4.30. The predicted octanol–water partition coefficient (Wildman–Crippen LogP) is 2.98. The highest BCUT2D eigenvalue weighted by Gasteiger charge is 2.23. The van der Waals surface area contributed by atoms with Gasteiger partial charge in [-0.25, -0.2) is 0 Å². The van der Waals surface area contributed by atoms with Crippen LogP contribution >= 0.6 is 0 Å². The number of hydrogen-bond acceptors (Lipinski definition) is 2. The normalized spacial score (nSPS) is 17.8. The van der Waals surface area contributed by atoms with Crippen molar-refractivity contribution in [2.45, 2.75) is 38.6 Å². The van der Waals surface area contributed by atoms with Crippen LogP contribution in [0.2, 0.25) is 0 Å². The van der Waals surface area contributed by atoms with E-state index in [4.69, 9.17) is 5.73 Å². The smallest absolute Gasteiger partial charge is 0.0467 e. The Kier molecular flexibility index (Phi) is 4.79. The lowest BCUT2D eigenvalue weighted by Crippen LogP contribution is -2.36. The van der Waals surface area contributed by atoms with Crippen LogP contribution in [0.5, 0.6) is 0 Å². The van der Waals surface area contributed by atoms with Gasteiger partial charge < -0.3 is 5.73 Å². The van der Waals surface area contributed by atoms with Crippen LogP contribution in [0.1, 0.15) is 43.4 Å². The van der Waals surface area contributed by atoms with Crippen LogP contribution in [0.25, 0.3) is 0 Å². The molecule has 100 valence electrons. The molecule has 0 saturated heterocycles. The molecule has 1 aromatic carbocycles. The number of rotatable bonds is 6. The number of nitrogens with two attached hydrogens (primary N) is 1. The molecule has 1 saturated carbocycles.